The third-order valence-electron chi connectivity index (χ3n) is 4.38. The summed E-state index contributed by atoms with van der Waals surface area (Å²) in [5.74, 6) is 0.685. The predicted molar refractivity (Wildman–Crippen MR) is 100.0 cm³/mol. The van der Waals surface area contributed by atoms with Gasteiger partial charge in [-0.1, -0.05) is 30.3 Å². The maximum absolute atomic E-state index is 10.3. The van der Waals surface area contributed by atoms with Crippen LogP contribution in [0.2, 0.25) is 0 Å². The lowest BCUT2D eigenvalue weighted by molar-refractivity contribution is -2.00. The van der Waals surface area contributed by atoms with Crippen LogP contribution in [0.25, 0.3) is 33.1 Å². The topological polar surface area (TPSA) is 162 Å². The summed E-state index contributed by atoms with van der Waals surface area (Å²) in [5, 5.41) is 21.9. The van der Waals surface area contributed by atoms with Gasteiger partial charge in [-0.25, -0.2) is 23.1 Å². The van der Waals surface area contributed by atoms with Crippen molar-refractivity contribution in [2.75, 3.05) is 14.2 Å². The number of halogens is 1. The molecule has 31 heavy (non-hydrogen) atoms. The number of rotatable bonds is 3. The van der Waals surface area contributed by atoms with Gasteiger partial charge >= 0.3 is 11.2 Å². The summed E-state index contributed by atoms with van der Waals surface area (Å²) in [7, 11) is -1.97. The first-order chi connectivity index (χ1) is 14.6. The molecule has 0 fully saturated rings. The van der Waals surface area contributed by atoms with Crippen LogP contribution in [0.15, 0.2) is 59.0 Å². The van der Waals surface area contributed by atoms with Gasteiger partial charge in [-0.15, -0.1) is 10.2 Å². The van der Waals surface area contributed by atoms with E-state index in [1.165, 1.54) is 14.2 Å². The van der Waals surface area contributed by atoms with Gasteiger partial charge in [0.2, 0.25) is 0 Å². The van der Waals surface area contributed by atoms with Crippen LogP contribution in [0.1, 0.15) is 0 Å². The van der Waals surface area contributed by atoms with E-state index in [4.69, 9.17) is 32.5 Å². The van der Waals surface area contributed by atoms with E-state index in [0.29, 0.717) is 33.4 Å². The van der Waals surface area contributed by atoms with E-state index in [2.05, 4.69) is 0 Å². The highest BCUT2D eigenvalue weighted by atomic mass is 35.7. The summed E-state index contributed by atoms with van der Waals surface area (Å²) < 4.78 is 50.4. The normalized spacial score (nSPS) is 11.2. The fourth-order valence-corrected chi connectivity index (χ4v) is 3.17. The number of benzene rings is 3. The maximum Gasteiger partial charge on any atom is 0.365 e. The molecule has 0 unspecified atom stereocenters. The second kappa shape index (κ2) is 8.80. The second-order valence-electron chi connectivity index (χ2n) is 6.26. The average Bonchev–Trinajstić information content (AvgIpc) is 2.71. The number of methoxy groups -OCH3 is 2. The zero-order valence-electron chi connectivity index (χ0n) is 16.3. The molecule has 0 radical (unpaired) electrons. The molecular weight excluding hydrogens is 432 g/mol. The Balaban J connectivity index is 0.000000491. The molecule has 0 aliphatic heterocycles. The van der Waals surface area contributed by atoms with Crippen molar-refractivity contribution in [1.82, 2.24) is 0 Å². The van der Waals surface area contributed by atoms with Crippen LogP contribution in [0, 0.1) is 10.2 Å². The molecule has 4 aromatic rings. The van der Waals surface area contributed by atoms with Crippen molar-refractivity contribution < 1.29 is 53.0 Å². The first kappa shape index (κ1) is 22.3. The van der Waals surface area contributed by atoms with Gasteiger partial charge in [-0.2, -0.15) is 0 Å². The van der Waals surface area contributed by atoms with E-state index >= 15 is 0 Å². The number of ether oxygens (including phenoxy) is 2. The van der Waals surface area contributed by atoms with Gasteiger partial charge in [0.15, 0.2) is 23.0 Å². The third kappa shape index (κ3) is 5.05. The van der Waals surface area contributed by atoms with E-state index in [0.717, 1.165) is 11.1 Å². The van der Waals surface area contributed by atoms with E-state index in [9.17, 15) is 10.2 Å². The van der Waals surface area contributed by atoms with Crippen molar-refractivity contribution in [1.29, 1.82) is 0 Å². The molecule has 0 atom stereocenters. The minimum Gasteiger partial charge on any atom is -0.504 e. The molecule has 1 aromatic heterocycles. The molecule has 4 rings (SSSR count). The van der Waals surface area contributed by atoms with Crippen LogP contribution in [-0.2, 0) is 0 Å². The Morgan fingerprint density at radius 3 is 1.55 bits per heavy atom. The second-order valence-corrected chi connectivity index (χ2v) is 7.02. The van der Waals surface area contributed by atoms with Gasteiger partial charge < -0.3 is 19.7 Å². The molecule has 0 bridgehead atoms. The Hall–Kier alpha value is -3.34. The lowest BCUT2D eigenvalue weighted by Gasteiger charge is -2.17. The molecule has 0 amide bonds. The summed E-state index contributed by atoms with van der Waals surface area (Å²) in [6.07, 6.45) is 0. The van der Waals surface area contributed by atoms with Crippen LogP contribution in [0.3, 0.4) is 0 Å². The van der Waals surface area contributed by atoms with Gasteiger partial charge in [-0.3, -0.25) is 0 Å². The highest BCUT2D eigenvalue weighted by Crippen LogP contribution is 2.43. The van der Waals surface area contributed by atoms with Crippen molar-refractivity contribution in [2.24, 2.45) is 0 Å². The molecule has 0 saturated carbocycles. The van der Waals surface area contributed by atoms with E-state index < -0.39 is 10.2 Å². The Kier molecular flexibility index (Phi) is 6.34. The predicted octanol–water partition coefficient (Wildman–Crippen LogP) is 0.207. The van der Waals surface area contributed by atoms with E-state index in [1.54, 1.807) is 24.3 Å². The van der Waals surface area contributed by atoms with E-state index in [1.807, 2.05) is 30.3 Å². The molecule has 162 valence electrons. The summed E-state index contributed by atoms with van der Waals surface area (Å²) in [6, 6.07) is 16.3. The highest BCUT2D eigenvalue weighted by molar-refractivity contribution is 6.09. The van der Waals surface area contributed by atoms with Crippen molar-refractivity contribution in [3.8, 4) is 34.1 Å². The molecule has 1 heterocycles. The standard InChI is InChI=1S/C21H16O5.ClHO4/c1-24-19-10-17-13(8-15(19)22)21(12-6-4-3-5-7-12)14-9-16(23)20(25-2)11-18(14)26-17;2-1(3,4)5/h3-11H,1-2H3,(H-,22,23);(H,2,3,4,5). The van der Waals surface area contributed by atoms with E-state index in [-0.39, 0.29) is 11.5 Å². The van der Waals surface area contributed by atoms with Gasteiger partial charge in [0.25, 0.3) is 0 Å². The molecule has 0 aliphatic rings. The van der Waals surface area contributed by atoms with Crippen LogP contribution in [-0.4, -0.2) is 24.4 Å². The van der Waals surface area contributed by atoms with Crippen molar-refractivity contribution in [3.05, 3.63) is 54.6 Å². The highest BCUT2D eigenvalue weighted by Gasteiger charge is 2.24. The van der Waals surface area contributed by atoms with Crippen LogP contribution < -0.4 is 28.1 Å². The smallest absolute Gasteiger partial charge is 0.365 e. The zero-order valence-corrected chi connectivity index (χ0v) is 17.1. The molecule has 0 saturated heterocycles. The largest absolute Gasteiger partial charge is 0.504 e. The average molecular weight is 449 g/mol. The molecule has 10 heteroatoms. The summed E-state index contributed by atoms with van der Waals surface area (Å²) in [5.41, 5.74) is 2.89. The SMILES string of the molecule is COc1cc2[o+]c3cc(OC)c(O)cc3c(-c3ccccc3)c2cc1O.[O-][Cl+3]([O-])([O-])[O-]. The maximum atomic E-state index is 10.3. The van der Waals surface area contributed by atoms with Crippen molar-refractivity contribution in [2.45, 2.75) is 0 Å². The number of hydrogen-bond donors (Lipinski definition) is 2. The van der Waals surface area contributed by atoms with Crippen LogP contribution in [0.5, 0.6) is 23.0 Å². The first-order valence-corrected chi connectivity index (χ1v) is 9.90. The number of phenols is 2. The van der Waals surface area contributed by atoms with Gasteiger partial charge in [-0.05, 0) is 5.56 Å². The minimum atomic E-state index is -4.94. The number of fused-ring (bicyclic) bond motifs is 2. The molecule has 3 aromatic carbocycles. The number of hydrogen-bond acceptors (Lipinski definition) is 8. The summed E-state index contributed by atoms with van der Waals surface area (Å²) in [4.78, 5) is 0. The lowest BCUT2D eigenvalue weighted by atomic mass is 9.96. The Bertz CT molecular complexity index is 1150. The van der Waals surface area contributed by atoms with Gasteiger partial charge in [0.1, 0.15) is 0 Å². The molecule has 0 spiro atoms. The summed E-state index contributed by atoms with van der Waals surface area (Å²) in [6.45, 7) is 0. The first-order valence-electron chi connectivity index (χ1n) is 8.67. The monoisotopic (exact) mass is 448 g/mol. The van der Waals surface area contributed by atoms with Gasteiger partial charge in [0.05, 0.1) is 37.1 Å². The van der Waals surface area contributed by atoms with Crippen LogP contribution in [0.4, 0.5) is 0 Å². The van der Waals surface area contributed by atoms with Crippen LogP contribution >= 0.6 is 0 Å². The number of aromatic hydroxyl groups is 2. The Labute approximate surface area is 178 Å². The minimum absolute atomic E-state index is 0.0180. The Morgan fingerprint density at radius 1 is 0.742 bits per heavy atom. The van der Waals surface area contributed by atoms with Crippen molar-refractivity contribution >= 4 is 21.9 Å². The molecule has 9 nitrogen and oxygen atoms in total. The fraction of sp³-hybridized carbons (Fsp3) is 0.0952. The lowest BCUT2D eigenvalue weighted by Crippen LogP contribution is -2.68. The summed E-state index contributed by atoms with van der Waals surface area (Å²) >= 11 is 0. The van der Waals surface area contributed by atoms with Gasteiger partial charge in [0, 0.05) is 17.7 Å². The molecule has 0 aliphatic carbocycles. The molecule has 2 N–H and O–H groups in total. The fourth-order valence-electron chi connectivity index (χ4n) is 3.17. The van der Waals surface area contributed by atoms with Crippen molar-refractivity contribution in [3.63, 3.8) is 0 Å². The Morgan fingerprint density at radius 2 is 1.16 bits per heavy atom. The third-order valence-corrected chi connectivity index (χ3v) is 4.38. The quantitative estimate of drug-likeness (QED) is 0.329. The number of phenolic OH excluding ortho intramolecular Hbond substituents is 2. The molecular formula is C21H17ClO9. The zero-order chi connectivity index (χ0) is 22.8.